The maximum absolute atomic E-state index is 11.5. The van der Waals surface area contributed by atoms with Gasteiger partial charge in [0.15, 0.2) is 0 Å². The van der Waals surface area contributed by atoms with Crippen molar-refractivity contribution in [1.82, 2.24) is 0 Å². The van der Waals surface area contributed by atoms with E-state index in [1.54, 1.807) is 0 Å². The molecule has 0 saturated heterocycles. The third kappa shape index (κ3) is 3.66. The fourth-order valence-corrected chi connectivity index (χ4v) is 3.76. The first-order valence-corrected chi connectivity index (χ1v) is 9.66. The third-order valence-electron chi connectivity index (χ3n) is 5.14. The van der Waals surface area contributed by atoms with Crippen molar-refractivity contribution >= 4 is 33.9 Å². The molecule has 3 aromatic carbocycles. The van der Waals surface area contributed by atoms with Gasteiger partial charge in [0.05, 0.1) is 21.6 Å². The van der Waals surface area contributed by atoms with E-state index in [-0.39, 0.29) is 11.4 Å². The molecular formula is C23H18N4O4. The van der Waals surface area contributed by atoms with E-state index in [2.05, 4.69) is 17.5 Å². The van der Waals surface area contributed by atoms with Crippen LogP contribution in [-0.2, 0) is 0 Å². The molecular weight excluding hydrogens is 396 g/mol. The summed E-state index contributed by atoms with van der Waals surface area (Å²) in [7, 11) is 0. The van der Waals surface area contributed by atoms with E-state index in [9.17, 15) is 20.2 Å². The average molecular weight is 414 g/mol. The zero-order valence-corrected chi connectivity index (χ0v) is 16.6. The van der Waals surface area contributed by atoms with Crippen LogP contribution in [0.15, 0.2) is 77.9 Å². The van der Waals surface area contributed by atoms with Crippen LogP contribution in [0, 0.1) is 20.2 Å². The smallest absolute Gasteiger partial charge is 0.271 e. The molecule has 31 heavy (non-hydrogen) atoms. The Morgan fingerprint density at radius 3 is 2.19 bits per heavy atom. The van der Waals surface area contributed by atoms with Gasteiger partial charge in [0.25, 0.3) is 5.69 Å². The Balaban J connectivity index is 1.84. The van der Waals surface area contributed by atoms with Gasteiger partial charge in [-0.05, 0) is 29.2 Å². The monoisotopic (exact) mass is 414 g/mol. The molecule has 0 bridgehead atoms. The highest BCUT2D eigenvalue weighted by Crippen LogP contribution is 2.40. The summed E-state index contributed by atoms with van der Waals surface area (Å²) < 4.78 is 0. The normalized spacial score (nSPS) is 13.9. The summed E-state index contributed by atoms with van der Waals surface area (Å²) in [5.41, 5.74) is 7.86. The summed E-state index contributed by atoms with van der Waals surface area (Å²) >= 11 is 0. The summed E-state index contributed by atoms with van der Waals surface area (Å²) in [6, 6.07) is 21.2. The molecule has 0 unspecified atom stereocenters. The number of hydrogen-bond acceptors (Lipinski definition) is 6. The van der Waals surface area contributed by atoms with E-state index in [0.29, 0.717) is 5.71 Å². The van der Waals surface area contributed by atoms with Crippen LogP contribution in [0.1, 0.15) is 30.0 Å². The van der Waals surface area contributed by atoms with Gasteiger partial charge in [-0.1, -0.05) is 61.5 Å². The van der Waals surface area contributed by atoms with Gasteiger partial charge >= 0.3 is 5.69 Å². The Bertz CT molecular complexity index is 1250. The van der Waals surface area contributed by atoms with Crippen molar-refractivity contribution in [3.8, 4) is 0 Å². The van der Waals surface area contributed by atoms with E-state index < -0.39 is 15.5 Å². The summed E-state index contributed by atoms with van der Waals surface area (Å²) in [6.45, 7) is 2.08. The molecule has 1 N–H and O–H groups in total. The number of nitro groups is 2. The fourth-order valence-electron chi connectivity index (χ4n) is 3.76. The van der Waals surface area contributed by atoms with E-state index in [1.165, 1.54) is 12.1 Å². The van der Waals surface area contributed by atoms with Crippen LogP contribution in [0.25, 0.3) is 11.1 Å². The van der Waals surface area contributed by atoms with Crippen molar-refractivity contribution in [3.05, 3.63) is 110 Å². The van der Waals surface area contributed by atoms with E-state index in [1.807, 2.05) is 54.6 Å². The van der Waals surface area contributed by atoms with Gasteiger partial charge in [0, 0.05) is 17.2 Å². The van der Waals surface area contributed by atoms with Crippen molar-refractivity contribution in [1.29, 1.82) is 0 Å². The second kappa shape index (κ2) is 8.19. The van der Waals surface area contributed by atoms with Gasteiger partial charge in [0.2, 0.25) is 0 Å². The second-order valence-corrected chi connectivity index (χ2v) is 6.91. The fraction of sp³-hybridized carbons (Fsp3) is 0.0870. The zero-order chi connectivity index (χ0) is 22.0. The number of benzene rings is 3. The molecule has 0 fully saturated rings. The molecule has 0 spiro atoms. The van der Waals surface area contributed by atoms with Gasteiger partial charge in [-0.2, -0.15) is 5.10 Å². The number of allylic oxidation sites excluding steroid dienone is 2. The third-order valence-corrected chi connectivity index (χ3v) is 5.14. The van der Waals surface area contributed by atoms with Crippen molar-refractivity contribution in [2.45, 2.75) is 13.3 Å². The Hall–Kier alpha value is -4.33. The number of nitrogens with zero attached hydrogens (tertiary/aromatic N) is 3. The lowest BCUT2D eigenvalue weighted by Crippen LogP contribution is -2.06. The van der Waals surface area contributed by atoms with Crippen molar-refractivity contribution in [3.63, 3.8) is 0 Å². The predicted molar refractivity (Wildman–Crippen MR) is 120 cm³/mol. The molecule has 1 aliphatic carbocycles. The first kappa shape index (κ1) is 20.0. The van der Waals surface area contributed by atoms with Crippen LogP contribution in [0.3, 0.4) is 0 Å². The number of fused-ring (bicyclic) bond motifs is 1. The van der Waals surface area contributed by atoms with E-state index in [0.717, 1.165) is 40.3 Å². The highest BCUT2D eigenvalue weighted by molar-refractivity contribution is 6.42. The minimum atomic E-state index is -0.667. The van der Waals surface area contributed by atoms with Gasteiger partial charge in [-0.15, -0.1) is 0 Å². The molecule has 0 saturated carbocycles. The molecule has 3 aromatic rings. The number of nitro benzene ring substituents is 2. The lowest BCUT2D eigenvalue weighted by Gasteiger charge is -2.09. The van der Waals surface area contributed by atoms with Gasteiger partial charge in [0.1, 0.15) is 5.69 Å². The maximum Gasteiger partial charge on any atom is 0.301 e. The molecule has 8 heteroatoms. The van der Waals surface area contributed by atoms with Crippen LogP contribution in [0.4, 0.5) is 17.1 Å². The minimum absolute atomic E-state index is 0.0814. The predicted octanol–water partition coefficient (Wildman–Crippen LogP) is 5.65. The first-order valence-electron chi connectivity index (χ1n) is 9.66. The standard InChI is InChI=1S/C23H18N4O4/c1-2-17-18-10-6-7-11-19(18)23(22(17)15-8-4-3-5-9-15)25-24-20-13-12-16(26(28)29)14-21(20)27(30)31/h3-14,24H,2H2,1H3/b25-23-. The number of rotatable bonds is 6. The van der Waals surface area contributed by atoms with Crippen molar-refractivity contribution in [2.75, 3.05) is 5.43 Å². The summed E-state index contributed by atoms with van der Waals surface area (Å²) in [6.07, 6.45) is 0.790. The average Bonchev–Trinajstić information content (AvgIpc) is 3.11. The molecule has 154 valence electrons. The minimum Gasteiger partial charge on any atom is -0.271 e. The molecule has 0 amide bonds. The summed E-state index contributed by atoms with van der Waals surface area (Å²) in [5, 5.41) is 27.0. The van der Waals surface area contributed by atoms with Crippen LogP contribution in [-0.4, -0.2) is 15.6 Å². The van der Waals surface area contributed by atoms with Crippen LogP contribution in [0.2, 0.25) is 0 Å². The van der Waals surface area contributed by atoms with Crippen molar-refractivity contribution < 1.29 is 9.85 Å². The Kier molecular flexibility index (Phi) is 5.28. The van der Waals surface area contributed by atoms with Crippen LogP contribution >= 0.6 is 0 Å². The molecule has 8 nitrogen and oxygen atoms in total. The number of anilines is 1. The summed E-state index contributed by atoms with van der Waals surface area (Å²) in [5.74, 6) is 0. The molecule has 4 rings (SSSR count). The van der Waals surface area contributed by atoms with Gasteiger partial charge in [-0.3, -0.25) is 25.7 Å². The number of hydrogen-bond donors (Lipinski definition) is 1. The van der Waals surface area contributed by atoms with Crippen molar-refractivity contribution in [2.24, 2.45) is 5.10 Å². The quantitative estimate of drug-likeness (QED) is 0.414. The van der Waals surface area contributed by atoms with Crippen LogP contribution < -0.4 is 5.43 Å². The Labute approximate surface area is 177 Å². The Morgan fingerprint density at radius 1 is 0.871 bits per heavy atom. The highest BCUT2D eigenvalue weighted by Gasteiger charge is 2.28. The number of nitrogens with one attached hydrogen (secondary N) is 1. The zero-order valence-electron chi connectivity index (χ0n) is 16.6. The Morgan fingerprint density at radius 2 is 1.55 bits per heavy atom. The molecule has 0 radical (unpaired) electrons. The van der Waals surface area contributed by atoms with E-state index >= 15 is 0 Å². The molecule has 0 atom stereocenters. The van der Waals surface area contributed by atoms with Gasteiger partial charge in [-0.25, -0.2) is 0 Å². The SMILES string of the molecule is CCC1=C(c2ccccc2)/C(=N\Nc2ccc([N+](=O)[O-])cc2[N+](=O)[O-])c2ccccc21. The number of hydrazone groups is 1. The lowest BCUT2D eigenvalue weighted by atomic mass is 9.98. The first-order chi connectivity index (χ1) is 15.0. The maximum atomic E-state index is 11.5. The molecule has 0 aliphatic heterocycles. The topological polar surface area (TPSA) is 111 Å². The lowest BCUT2D eigenvalue weighted by molar-refractivity contribution is -0.393. The highest BCUT2D eigenvalue weighted by atomic mass is 16.6. The number of non-ortho nitro benzene ring substituents is 1. The molecule has 1 aliphatic rings. The van der Waals surface area contributed by atoms with E-state index in [4.69, 9.17) is 0 Å². The molecule has 0 aromatic heterocycles. The van der Waals surface area contributed by atoms with Gasteiger partial charge < -0.3 is 0 Å². The molecule has 0 heterocycles. The second-order valence-electron chi connectivity index (χ2n) is 6.91. The largest absolute Gasteiger partial charge is 0.301 e. The summed E-state index contributed by atoms with van der Waals surface area (Å²) in [4.78, 5) is 21.1. The van der Waals surface area contributed by atoms with Crippen LogP contribution in [0.5, 0.6) is 0 Å².